The molecule has 0 saturated carbocycles. The van der Waals surface area contributed by atoms with Crippen LogP contribution in [0.1, 0.15) is 54.0 Å². The first-order valence-corrected chi connectivity index (χ1v) is 7.75. The first-order chi connectivity index (χ1) is 8.70. The molecule has 2 aliphatic rings. The second-order valence-corrected chi connectivity index (χ2v) is 6.31. The van der Waals surface area contributed by atoms with E-state index in [0.29, 0.717) is 11.8 Å². The quantitative estimate of drug-likeness (QED) is 0.827. The summed E-state index contributed by atoms with van der Waals surface area (Å²) in [4.78, 5) is 0. The van der Waals surface area contributed by atoms with Crippen molar-refractivity contribution < 1.29 is 5.11 Å². The number of hydrogen-bond acceptors (Lipinski definition) is 2. The summed E-state index contributed by atoms with van der Waals surface area (Å²) in [5.74, 6) is 0.479. The lowest BCUT2D eigenvalue weighted by Crippen LogP contribution is -2.17. The first kappa shape index (κ1) is 12.5. The number of aromatic hydroxyl groups is 1. The minimum absolute atomic E-state index is 0.341. The minimum atomic E-state index is 0.341. The molecule has 1 fully saturated rings. The van der Waals surface area contributed by atoms with Gasteiger partial charge in [0.25, 0.3) is 0 Å². The number of rotatable bonds is 1. The molecule has 1 aromatic rings. The van der Waals surface area contributed by atoms with Crippen LogP contribution >= 0.6 is 15.9 Å². The Morgan fingerprint density at radius 2 is 1.89 bits per heavy atom. The summed E-state index contributed by atoms with van der Waals surface area (Å²) in [6, 6.07) is 0.341. The molecule has 0 radical (unpaired) electrons. The lowest BCUT2D eigenvalue weighted by molar-refractivity contribution is 0.449. The second-order valence-electron chi connectivity index (χ2n) is 5.51. The van der Waals surface area contributed by atoms with Gasteiger partial charge in [0, 0.05) is 11.6 Å². The SMILES string of the molecule is Cc1c2c(c(Br)c(O)c1C1CCCN1)CCCC2. The molecule has 1 aromatic carbocycles. The van der Waals surface area contributed by atoms with E-state index in [2.05, 4.69) is 28.2 Å². The summed E-state index contributed by atoms with van der Waals surface area (Å²) >= 11 is 3.62. The fourth-order valence-electron chi connectivity index (χ4n) is 3.52. The van der Waals surface area contributed by atoms with Gasteiger partial charge in [-0.2, -0.15) is 0 Å². The molecular formula is C15H20BrNO. The van der Waals surface area contributed by atoms with Crippen molar-refractivity contribution in [1.29, 1.82) is 0 Å². The van der Waals surface area contributed by atoms with Gasteiger partial charge in [-0.1, -0.05) is 0 Å². The molecule has 0 aromatic heterocycles. The van der Waals surface area contributed by atoms with Crippen molar-refractivity contribution in [1.82, 2.24) is 5.32 Å². The van der Waals surface area contributed by atoms with E-state index in [9.17, 15) is 5.11 Å². The number of benzene rings is 1. The van der Waals surface area contributed by atoms with Crippen molar-refractivity contribution >= 4 is 15.9 Å². The molecule has 18 heavy (non-hydrogen) atoms. The van der Waals surface area contributed by atoms with E-state index >= 15 is 0 Å². The Balaban J connectivity index is 2.16. The van der Waals surface area contributed by atoms with E-state index in [1.807, 2.05) is 0 Å². The minimum Gasteiger partial charge on any atom is -0.506 e. The molecule has 1 atom stereocenters. The third kappa shape index (κ3) is 1.88. The van der Waals surface area contributed by atoms with Gasteiger partial charge in [0.2, 0.25) is 0 Å². The number of phenols is 1. The van der Waals surface area contributed by atoms with Crippen molar-refractivity contribution in [3.05, 3.63) is 26.7 Å². The highest BCUT2D eigenvalue weighted by Crippen LogP contribution is 2.44. The highest BCUT2D eigenvalue weighted by molar-refractivity contribution is 9.10. The topological polar surface area (TPSA) is 32.3 Å². The van der Waals surface area contributed by atoms with Gasteiger partial charge in [0.15, 0.2) is 0 Å². The molecule has 0 bridgehead atoms. The van der Waals surface area contributed by atoms with E-state index in [0.717, 1.165) is 29.4 Å². The molecule has 3 rings (SSSR count). The largest absolute Gasteiger partial charge is 0.506 e. The predicted molar refractivity (Wildman–Crippen MR) is 77.2 cm³/mol. The van der Waals surface area contributed by atoms with Gasteiger partial charge < -0.3 is 10.4 Å². The van der Waals surface area contributed by atoms with Gasteiger partial charge >= 0.3 is 0 Å². The molecule has 3 heteroatoms. The highest BCUT2D eigenvalue weighted by Gasteiger charge is 2.27. The maximum Gasteiger partial charge on any atom is 0.135 e. The van der Waals surface area contributed by atoms with Crippen LogP contribution in [-0.4, -0.2) is 11.7 Å². The van der Waals surface area contributed by atoms with Gasteiger partial charge in [-0.15, -0.1) is 0 Å². The molecule has 1 heterocycles. The number of nitrogens with one attached hydrogen (secondary N) is 1. The molecule has 1 saturated heterocycles. The van der Waals surface area contributed by atoms with Crippen molar-refractivity contribution in [2.75, 3.05) is 6.54 Å². The van der Waals surface area contributed by atoms with Crippen LogP contribution in [0.5, 0.6) is 5.75 Å². The summed E-state index contributed by atoms with van der Waals surface area (Å²) in [6.07, 6.45) is 7.13. The van der Waals surface area contributed by atoms with E-state index in [1.165, 1.54) is 42.4 Å². The van der Waals surface area contributed by atoms with E-state index in [4.69, 9.17) is 0 Å². The van der Waals surface area contributed by atoms with Crippen molar-refractivity contribution in [2.24, 2.45) is 0 Å². The van der Waals surface area contributed by atoms with E-state index < -0.39 is 0 Å². The lowest BCUT2D eigenvalue weighted by atomic mass is 9.84. The number of halogens is 1. The van der Waals surface area contributed by atoms with Gasteiger partial charge in [-0.3, -0.25) is 0 Å². The fourth-order valence-corrected chi connectivity index (χ4v) is 4.17. The first-order valence-electron chi connectivity index (χ1n) is 6.96. The number of hydrogen-bond donors (Lipinski definition) is 2. The van der Waals surface area contributed by atoms with Crippen LogP contribution in [0, 0.1) is 6.92 Å². The Kier molecular flexibility index (Phi) is 3.37. The summed E-state index contributed by atoms with van der Waals surface area (Å²) < 4.78 is 0.950. The molecule has 2 nitrogen and oxygen atoms in total. The Morgan fingerprint density at radius 1 is 1.17 bits per heavy atom. The monoisotopic (exact) mass is 309 g/mol. The summed E-state index contributed by atoms with van der Waals surface area (Å²) in [7, 11) is 0. The average Bonchev–Trinajstić information content (AvgIpc) is 2.90. The van der Waals surface area contributed by atoms with Gasteiger partial charge in [0.05, 0.1) is 4.47 Å². The van der Waals surface area contributed by atoms with Gasteiger partial charge in [-0.05, 0) is 84.6 Å². The third-order valence-corrected chi connectivity index (χ3v) is 5.32. The molecule has 98 valence electrons. The third-order valence-electron chi connectivity index (χ3n) is 4.46. The van der Waals surface area contributed by atoms with Crippen molar-refractivity contribution in [2.45, 2.75) is 51.5 Å². The van der Waals surface area contributed by atoms with Crippen LogP contribution in [0.15, 0.2) is 4.47 Å². The van der Waals surface area contributed by atoms with Crippen molar-refractivity contribution in [3.63, 3.8) is 0 Å². The van der Waals surface area contributed by atoms with Crippen LogP contribution in [0.3, 0.4) is 0 Å². The summed E-state index contributed by atoms with van der Waals surface area (Å²) in [5, 5.41) is 14.0. The maximum absolute atomic E-state index is 10.5. The predicted octanol–water partition coefficient (Wildman–Crippen LogP) is 3.77. The van der Waals surface area contributed by atoms with Crippen LogP contribution < -0.4 is 5.32 Å². The van der Waals surface area contributed by atoms with Gasteiger partial charge in [-0.25, -0.2) is 0 Å². The standard InChI is InChI=1S/C15H20BrNO/c1-9-10-5-2-3-6-11(10)14(16)15(18)13(9)12-7-4-8-17-12/h12,17-18H,2-8H2,1H3. The fraction of sp³-hybridized carbons (Fsp3) is 0.600. The molecule has 0 amide bonds. The zero-order chi connectivity index (χ0) is 12.7. The smallest absolute Gasteiger partial charge is 0.135 e. The highest BCUT2D eigenvalue weighted by atomic mass is 79.9. The Labute approximate surface area is 117 Å². The molecule has 1 unspecified atom stereocenters. The summed E-state index contributed by atoms with van der Waals surface area (Å²) in [5.41, 5.74) is 5.29. The Morgan fingerprint density at radius 3 is 2.56 bits per heavy atom. The summed E-state index contributed by atoms with van der Waals surface area (Å²) in [6.45, 7) is 3.25. The van der Waals surface area contributed by atoms with Crippen LogP contribution in [0.2, 0.25) is 0 Å². The zero-order valence-electron chi connectivity index (χ0n) is 10.9. The van der Waals surface area contributed by atoms with E-state index in [1.54, 1.807) is 0 Å². The second kappa shape index (κ2) is 4.86. The molecule has 0 spiro atoms. The van der Waals surface area contributed by atoms with E-state index in [-0.39, 0.29) is 0 Å². The lowest BCUT2D eigenvalue weighted by Gasteiger charge is -2.26. The van der Waals surface area contributed by atoms with Gasteiger partial charge in [0.1, 0.15) is 5.75 Å². The zero-order valence-corrected chi connectivity index (χ0v) is 12.4. The number of phenolic OH excluding ortho intramolecular Hbond substituents is 1. The Bertz CT molecular complexity index is 478. The maximum atomic E-state index is 10.5. The molecule has 1 aliphatic heterocycles. The average molecular weight is 310 g/mol. The van der Waals surface area contributed by atoms with Crippen LogP contribution in [-0.2, 0) is 12.8 Å². The molecule has 1 aliphatic carbocycles. The Hall–Kier alpha value is -0.540. The number of fused-ring (bicyclic) bond motifs is 1. The molecular weight excluding hydrogens is 290 g/mol. The van der Waals surface area contributed by atoms with Crippen LogP contribution in [0.4, 0.5) is 0 Å². The molecule has 2 N–H and O–H groups in total. The van der Waals surface area contributed by atoms with Crippen molar-refractivity contribution in [3.8, 4) is 5.75 Å². The van der Waals surface area contributed by atoms with Crippen LogP contribution in [0.25, 0.3) is 0 Å². The normalized spacial score (nSPS) is 23.1.